The highest BCUT2D eigenvalue weighted by atomic mass is 35.5. The summed E-state index contributed by atoms with van der Waals surface area (Å²) in [6, 6.07) is 7.30. The summed E-state index contributed by atoms with van der Waals surface area (Å²) in [5.74, 6) is 0.144. The van der Waals surface area contributed by atoms with E-state index in [9.17, 15) is 14.7 Å². The van der Waals surface area contributed by atoms with Gasteiger partial charge in [-0.2, -0.15) is 0 Å². The lowest BCUT2D eigenvalue weighted by Gasteiger charge is -2.32. The maximum absolute atomic E-state index is 14.0. The largest absolute Gasteiger partial charge is 0.494 e. The van der Waals surface area contributed by atoms with Crippen LogP contribution < -0.4 is 11.0 Å². The van der Waals surface area contributed by atoms with E-state index >= 15 is 0 Å². The lowest BCUT2D eigenvalue weighted by Crippen LogP contribution is -2.41. The van der Waals surface area contributed by atoms with Crippen molar-refractivity contribution in [1.29, 1.82) is 0 Å². The molecule has 0 saturated carbocycles. The number of nitrogens with zero attached hydrogens (tertiary/aromatic N) is 4. The fraction of sp³-hybridized carbons (Fsp3) is 0.481. The predicted octanol–water partition coefficient (Wildman–Crippen LogP) is 4.52. The van der Waals surface area contributed by atoms with Crippen LogP contribution in [0.4, 0.5) is 4.79 Å². The lowest BCUT2D eigenvalue weighted by molar-refractivity contribution is 0.00578. The Morgan fingerprint density at radius 2 is 1.82 bits per heavy atom. The summed E-state index contributed by atoms with van der Waals surface area (Å²) in [6.45, 7) is 9.32. The number of benzene rings is 1. The first-order valence-corrected chi connectivity index (χ1v) is 14.6. The Hall–Kier alpha value is -2.60. The highest BCUT2D eigenvalue weighted by molar-refractivity contribution is 7.98. The zero-order chi connectivity index (χ0) is 28.1. The van der Waals surface area contributed by atoms with Crippen molar-refractivity contribution in [3.05, 3.63) is 45.8 Å². The molecule has 39 heavy (non-hydrogen) atoms. The van der Waals surface area contributed by atoms with E-state index < -0.39 is 24.4 Å². The quantitative estimate of drug-likeness (QED) is 0.271. The van der Waals surface area contributed by atoms with Crippen LogP contribution in [0.3, 0.4) is 0 Å². The van der Waals surface area contributed by atoms with Gasteiger partial charge in [-0.25, -0.2) is 14.8 Å². The van der Waals surface area contributed by atoms with E-state index in [1.54, 1.807) is 22.9 Å². The zero-order valence-electron chi connectivity index (χ0n) is 22.7. The summed E-state index contributed by atoms with van der Waals surface area (Å²) in [7, 11) is -0.565. The molecule has 9 nitrogen and oxygen atoms in total. The first-order valence-electron chi connectivity index (χ1n) is 13.0. The maximum Gasteiger partial charge on any atom is 0.494 e. The minimum absolute atomic E-state index is 0.144. The van der Waals surface area contributed by atoms with Crippen molar-refractivity contribution in [2.75, 3.05) is 19.3 Å². The second-order valence-corrected chi connectivity index (χ2v) is 12.3. The summed E-state index contributed by atoms with van der Waals surface area (Å²) in [5.41, 5.74) is 1.24. The van der Waals surface area contributed by atoms with Crippen molar-refractivity contribution in [2.45, 2.75) is 63.4 Å². The van der Waals surface area contributed by atoms with Crippen molar-refractivity contribution >= 4 is 53.1 Å². The summed E-state index contributed by atoms with van der Waals surface area (Å²) >= 11 is 8.20. The molecule has 1 N–H and O–H groups in total. The number of amides is 1. The molecular weight excluding hydrogens is 539 g/mol. The Labute approximate surface area is 237 Å². The Morgan fingerprint density at radius 3 is 2.41 bits per heavy atom. The molecule has 12 heteroatoms. The number of thioether (sulfide) groups is 1. The van der Waals surface area contributed by atoms with E-state index in [0.29, 0.717) is 59.4 Å². The number of carbonyl (C=O) groups is 1. The van der Waals surface area contributed by atoms with Gasteiger partial charge >= 0.3 is 13.2 Å². The Bertz CT molecular complexity index is 1470. The molecule has 3 aromatic rings. The van der Waals surface area contributed by atoms with Crippen LogP contribution in [-0.4, -0.2) is 68.3 Å². The van der Waals surface area contributed by atoms with Crippen LogP contribution in [0.25, 0.3) is 22.2 Å². The van der Waals surface area contributed by atoms with Crippen LogP contribution in [0.15, 0.2) is 40.4 Å². The number of carboxylic acid groups (broad SMARTS) is 1. The van der Waals surface area contributed by atoms with Gasteiger partial charge in [-0.3, -0.25) is 9.36 Å². The summed E-state index contributed by atoms with van der Waals surface area (Å²) in [4.78, 5) is 35.8. The average Bonchev–Trinajstić information content (AvgIpc) is 3.12. The molecule has 0 atom stereocenters. The SMILES string of the molecule is CSc1ncc2cc(-c3ccc(B4OC(C)(C)C(C)(C)O4)cc3Cl)c(=O)n(CC3CCN(C(=O)O)CC3)c2n1. The number of piperidine rings is 1. The van der Waals surface area contributed by atoms with Crippen molar-refractivity contribution in [3.63, 3.8) is 0 Å². The number of hydrogen-bond acceptors (Lipinski definition) is 7. The topological polar surface area (TPSA) is 107 Å². The molecule has 1 aromatic carbocycles. The fourth-order valence-electron chi connectivity index (χ4n) is 5.04. The van der Waals surface area contributed by atoms with Crippen LogP contribution in [-0.2, 0) is 15.9 Å². The van der Waals surface area contributed by atoms with Gasteiger partial charge in [0.15, 0.2) is 5.16 Å². The number of hydrogen-bond donors (Lipinski definition) is 1. The van der Waals surface area contributed by atoms with Gasteiger partial charge in [0.2, 0.25) is 0 Å². The fourth-order valence-corrected chi connectivity index (χ4v) is 5.67. The van der Waals surface area contributed by atoms with E-state index in [2.05, 4.69) is 9.97 Å². The molecule has 0 unspecified atom stereocenters. The number of aromatic nitrogens is 3. The zero-order valence-corrected chi connectivity index (χ0v) is 24.3. The van der Waals surface area contributed by atoms with Crippen molar-refractivity contribution in [1.82, 2.24) is 19.4 Å². The van der Waals surface area contributed by atoms with Crippen LogP contribution in [0.1, 0.15) is 40.5 Å². The van der Waals surface area contributed by atoms with E-state index in [1.165, 1.54) is 16.7 Å². The number of rotatable bonds is 5. The minimum Gasteiger partial charge on any atom is -0.465 e. The summed E-state index contributed by atoms with van der Waals surface area (Å²) in [5, 5.41) is 11.0. The molecule has 2 fully saturated rings. The Morgan fingerprint density at radius 1 is 1.15 bits per heavy atom. The maximum atomic E-state index is 14.0. The molecule has 2 aromatic heterocycles. The van der Waals surface area contributed by atoms with Gasteiger partial charge in [0, 0.05) is 47.4 Å². The van der Waals surface area contributed by atoms with Gasteiger partial charge in [0.05, 0.1) is 11.2 Å². The lowest BCUT2D eigenvalue weighted by atomic mass is 9.78. The molecule has 206 valence electrons. The van der Waals surface area contributed by atoms with Crippen LogP contribution in [0.5, 0.6) is 0 Å². The molecule has 0 bridgehead atoms. The van der Waals surface area contributed by atoms with E-state index in [1.807, 2.05) is 46.1 Å². The number of likely N-dealkylation sites (tertiary alicyclic amines) is 1. The molecule has 5 rings (SSSR count). The average molecular weight is 571 g/mol. The van der Waals surface area contributed by atoms with Gasteiger partial charge in [-0.15, -0.1) is 0 Å². The molecule has 1 amide bonds. The standard InChI is InChI=1S/C27H32BClN4O5S/c1-26(2)27(3,4)38-28(37-26)18-6-7-19(21(29)13-18)20-12-17-14-30-24(39-5)31-22(17)33(23(20)34)15-16-8-10-32(11-9-16)25(35)36/h6-7,12-14,16H,8-11,15H2,1-5H3,(H,35,36). The predicted molar refractivity (Wildman–Crippen MR) is 154 cm³/mol. The second-order valence-electron chi connectivity index (χ2n) is 11.1. The van der Waals surface area contributed by atoms with Crippen LogP contribution in [0, 0.1) is 5.92 Å². The van der Waals surface area contributed by atoms with Crippen LogP contribution >= 0.6 is 23.4 Å². The number of fused-ring (bicyclic) bond motifs is 1. The van der Waals surface area contributed by atoms with E-state index in [-0.39, 0.29) is 11.5 Å². The third kappa shape index (κ3) is 5.29. The monoisotopic (exact) mass is 570 g/mol. The summed E-state index contributed by atoms with van der Waals surface area (Å²) in [6.07, 6.45) is 4.06. The number of halogens is 1. The van der Waals surface area contributed by atoms with E-state index in [4.69, 9.17) is 20.9 Å². The van der Waals surface area contributed by atoms with Crippen molar-refractivity contribution in [3.8, 4) is 11.1 Å². The van der Waals surface area contributed by atoms with Gasteiger partial charge in [0.1, 0.15) is 5.65 Å². The molecule has 0 radical (unpaired) electrons. The first-order chi connectivity index (χ1) is 18.4. The third-order valence-electron chi connectivity index (χ3n) is 8.12. The van der Waals surface area contributed by atoms with Gasteiger partial charge in [-0.1, -0.05) is 35.5 Å². The Kier molecular flexibility index (Phi) is 7.47. The van der Waals surface area contributed by atoms with Gasteiger partial charge in [-0.05, 0) is 70.3 Å². The normalized spacial score (nSPS) is 19.1. The molecule has 0 spiro atoms. The Balaban J connectivity index is 1.53. The molecule has 2 aliphatic rings. The van der Waals surface area contributed by atoms with Crippen molar-refractivity contribution in [2.24, 2.45) is 5.92 Å². The number of pyridine rings is 1. The second kappa shape index (κ2) is 10.4. The molecule has 4 heterocycles. The van der Waals surface area contributed by atoms with Gasteiger partial charge in [0.25, 0.3) is 5.56 Å². The van der Waals surface area contributed by atoms with Crippen molar-refractivity contribution < 1.29 is 19.2 Å². The highest BCUT2D eigenvalue weighted by Crippen LogP contribution is 2.37. The minimum atomic E-state index is -0.908. The molecule has 0 aliphatic carbocycles. The molecule has 2 aliphatic heterocycles. The molecular formula is C27H32BClN4O5S. The smallest absolute Gasteiger partial charge is 0.465 e. The molecule has 2 saturated heterocycles. The van der Waals surface area contributed by atoms with E-state index in [0.717, 1.165) is 10.8 Å². The van der Waals surface area contributed by atoms with Crippen LogP contribution in [0.2, 0.25) is 5.02 Å². The third-order valence-corrected chi connectivity index (χ3v) is 9.00. The first kappa shape index (κ1) is 28.0. The summed E-state index contributed by atoms with van der Waals surface area (Å²) < 4.78 is 14.0. The van der Waals surface area contributed by atoms with Gasteiger partial charge < -0.3 is 19.3 Å². The highest BCUT2D eigenvalue weighted by Gasteiger charge is 2.51.